The molecule has 26 heavy (non-hydrogen) atoms. The predicted octanol–water partition coefficient (Wildman–Crippen LogP) is 2.01. The fraction of sp³-hybridized carbons (Fsp3) is 0.176. The molecule has 136 valence electrons. The van der Waals surface area contributed by atoms with Crippen molar-refractivity contribution in [2.75, 3.05) is 12.4 Å². The minimum Gasteiger partial charge on any atom is -0.495 e. The molecule has 0 aliphatic heterocycles. The molecule has 1 aromatic heterocycles. The number of imidazole rings is 1. The summed E-state index contributed by atoms with van der Waals surface area (Å²) in [6.45, 7) is 1.34. The average Bonchev–Trinajstić information content (AvgIpc) is 3.02. The Bertz CT molecular complexity index is 1030. The Morgan fingerprint density at radius 3 is 2.69 bits per heavy atom. The van der Waals surface area contributed by atoms with Crippen LogP contribution >= 0.6 is 0 Å². The van der Waals surface area contributed by atoms with Crippen molar-refractivity contribution in [3.8, 4) is 5.75 Å². The van der Waals surface area contributed by atoms with E-state index >= 15 is 0 Å². The lowest BCUT2D eigenvalue weighted by Crippen LogP contribution is -2.24. The second-order valence-corrected chi connectivity index (χ2v) is 7.31. The number of rotatable bonds is 6. The Labute approximate surface area is 150 Å². The molecular formula is C17H18N4O4S. The lowest BCUT2D eigenvalue weighted by atomic mass is 10.3. The number of ether oxygens (including phenoxy) is 1. The molecule has 1 amide bonds. The second-order valence-electron chi connectivity index (χ2n) is 5.57. The highest BCUT2D eigenvalue weighted by atomic mass is 32.2. The molecule has 0 aliphatic carbocycles. The number of methoxy groups -OCH3 is 1. The van der Waals surface area contributed by atoms with E-state index in [2.05, 4.69) is 20.0 Å². The number of benzene rings is 2. The minimum absolute atomic E-state index is 0.00939. The summed E-state index contributed by atoms with van der Waals surface area (Å²) in [5.74, 6) is 0.372. The standard InChI is InChI=1S/C17H18N4O4S/c1-11(22)19-12-7-8-15(25-2)16(9-12)26(23,24)18-10-17-20-13-5-3-4-6-14(13)21-17/h3-9,18H,10H2,1-2H3,(H,19,22)(H,20,21). The van der Waals surface area contributed by atoms with Gasteiger partial charge in [-0.1, -0.05) is 12.1 Å². The molecule has 0 spiro atoms. The molecule has 3 aromatic rings. The van der Waals surface area contributed by atoms with Gasteiger partial charge in [0.2, 0.25) is 15.9 Å². The first kappa shape index (κ1) is 17.9. The van der Waals surface area contributed by atoms with E-state index in [4.69, 9.17) is 4.74 Å². The molecule has 3 rings (SSSR count). The van der Waals surface area contributed by atoms with Gasteiger partial charge in [-0.25, -0.2) is 18.1 Å². The highest BCUT2D eigenvalue weighted by Crippen LogP contribution is 2.27. The number of para-hydroxylation sites is 2. The summed E-state index contributed by atoms with van der Waals surface area (Å²) in [5.41, 5.74) is 1.95. The fourth-order valence-electron chi connectivity index (χ4n) is 2.50. The van der Waals surface area contributed by atoms with Crippen LogP contribution in [0.15, 0.2) is 47.4 Å². The zero-order chi connectivity index (χ0) is 18.7. The molecule has 9 heteroatoms. The minimum atomic E-state index is -3.88. The zero-order valence-electron chi connectivity index (χ0n) is 14.2. The molecule has 8 nitrogen and oxygen atoms in total. The summed E-state index contributed by atoms with van der Waals surface area (Å²) >= 11 is 0. The Hall–Kier alpha value is -2.91. The van der Waals surface area contributed by atoms with Crippen LogP contribution in [0.4, 0.5) is 5.69 Å². The van der Waals surface area contributed by atoms with E-state index in [9.17, 15) is 13.2 Å². The van der Waals surface area contributed by atoms with E-state index in [-0.39, 0.29) is 23.1 Å². The van der Waals surface area contributed by atoms with Crippen molar-refractivity contribution < 1.29 is 17.9 Å². The maximum absolute atomic E-state index is 12.7. The van der Waals surface area contributed by atoms with Gasteiger partial charge in [-0.3, -0.25) is 4.79 Å². The van der Waals surface area contributed by atoms with Crippen LogP contribution in [0, 0.1) is 0 Å². The number of amides is 1. The highest BCUT2D eigenvalue weighted by molar-refractivity contribution is 7.89. The third-order valence-corrected chi connectivity index (χ3v) is 5.06. The number of aromatic amines is 1. The van der Waals surface area contributed by atoms with Gasteiger partial charge in [0.15, 0.2) is 0 Å². The Kier molecular flexibility index (Phi) is 4.92. The van der Waals surface area contributed by atoms with Gasteiger partial charge < -0.3 is 15.0 Å². The first-order chi connectivity index (χ1) is 12.4. The van der Waals surface area contributed by atoms with Gasteiger partial charge in [-0.05, 0) is 30.3 Å². The van der Waals surface area contributed by atoms with Crippen LogP contribution in [0.5, 0.6) is 5.75 Å². The number of nitrogens with one attached hydrogen (secondary N) is 3. The SMILES string of the molecule is COc1ccc(NC(C)=O)cc1S(=O)(=O)NCc1nc2ccccc2[nH]1. The first-order valence-corrected chi connectivity index (χ1v) is 9.26. The summed E-state index contributed by atoms with van der Waals surface area (Å²) in [7, 11) is -2.50. The van der Waals surface area contributed by atoms with Crippen molar-refractivity contribution in [2.24, 2.45) is 0 Å². The van der Waals surface area contributed by atoms with Crippen molar-refractivity contribution in [3.05, 3.63) is 48.3 Å². The maximum atomic E-state index is 12.7. The van der Waals surface area contributed by atoms with E-state index in [0.717, 1.165) is 11.0 Å². The van der Waals surface area contributed by atoms with E-state index < -0.39 is 10.0 Å². The van der Waals surface area contributed by atoms with Gasteiger partial charge in [0.05, 0.1) is 24.7 Å². The zero-order valence-corrected chi connectivity index (χ0v) is 15.1. The van der Waals surface area contributed by atoms with Gasteiger partial charge in [-0.2, -0.15) is 0 Å². The summed E-state index contributed by atoms with van der Waals surface area (Å²) in [6.07, 6.45) is 0. The van der Waals surface area contributed by atoms with Gasteiger partial charge >= 0.3 is 0 Å². The second kappa shape index (κ2) is 7.14. The van der Waals surface area contributed by atoms with Crippen molar-refractivity contribution in [1.29, 1.82) is 0 Å². The van der Waals surface area contributed by atoms with Crippen LogP contribution in [-0.2, 0) is 21.4 Å². The monoisotopic (exact) mass is 374 g/mol. The Morgan fingerprint density at radius 2 is 2.00 bits per heavy atom. The summed E-state index contributed by atoms with van der Waals surface area (Å²) in [4.78, 5) is 18.5. The molecule has 3 N–H and O–H groups in total. The number of carbonyl (C=O) groups is 1. The summed E-state index contributed by atoms with van der Waals surface area (Å²) in [6, 6.07) is 11.8. The van der Waals surface area contributed by atoms with Crippen molar-refractivity contribution in [3.63, 3.8) is 0 Å². The van der Waals surface area contributed by atoms with Crippen LogP contribution in [-0.4, -0.2) is 31.4 Å². The van der Waals surface area contributed by atoms with Crippen LogP contribution in [0.25, 0.3) is 11.0 Å². The van der Waals surface area contributed by atoms with E-state index in [1.165, 1.54) is 26.2 Å². The van der Waals surface area contributed by atoms with Crippen molar-refractivity contribution in [1.82, 2.24) is 14.7 Å². The number of sulfonamides is 1. The quantitative estimate of drug-likeness (QED) is 0.611. The fourth-order valence-corrected chi connectivity index (χ4v) is 3.68. The average molecular weight is 374 g/mol. The van der Waals surface area contributed by atoms with Crippen LogP contribution < -0.4 is 14.8 Å². The van der Waals surface area contributed by atoms with Gasteiger partial charge in [0, 0.05) is 12.6 Å². The third kappa shape index (κ3) is 3.84. The lowest BCUT2D eigenvalue weighted by molar-refractivity contribution is -0.114. The maximum Gasteiger partial charge on any atom is 0.244 e. The molecule has 2 aromatic carbocycles. The van der Waals surface area contributed by atoms with Crippen LogP contribution in [0.3, 0.4) is 0 Å². The first-order valence-electron chi connectivity index (χ1n) is 7.78. The number of hydrogen-bond donors (Lipinski definition) is 3. The van der Waals surface area contributed by atoms with E-state index in [0.29, 0.717) is 11.5 Å². The number of H-pyrrole nitrogens is 1. The molecule has 0 atom stereocenters. The van der Waals surface area contributed by atoms with Crippen molar-refractivity contribution >= 4 is 32.7 Å². The molecule has 0 fully saturated rings. The van der Waals surface area contributed by atoms with Crippen LogP contribution in [0.2, 0.25) is 0 Å². The number of hydrogen-bond acceptors (Lipinski definition) is 5. The molecular weight excluding hydrogens is 356 g/mol. The van der Waals surface area contributed by atoms with E-state index in [1.807, 2.05) is 24.3 Å². The topological polar surface area (TPSA) is 113 Å². The predicted molar refractivity (Wildman–Crippen MR) is 97.4 cm³/mol. The normalized spacial score (nSPS) is 11.5. The van der Waals surface area contributed by atoms with Crippen LogP contribution in [0.1, 0.15) is 12.7 Å². The third-order valence-electron chi connectivity index (χ3n) is 3.64. The molecule has 0 saturated heterocycles. The molecule has 0 saturated carbocycles. The lowest BCUT2D eigenvalue weighted by Gasteiger charge is -2.12. The number of anilines is 1. The van der Waals surface area contributed by atoms with Gasteiger partial charge in [0.25, 0.3) is 0 Å². The molecule has 0 unspecified atom stereocenters. The molecule has 1 heterocycles. The molecule has 0 bridgehead atoms. The van der Waals surface area contributed by atoms with Gasteiger partial charge in [-0.15, -0.1) is 0 Å². The molecule has 0 aliphatic rings. The highest BCUT2D eigenvalue weighted by Gasteiger charge is 2.21. The molecule has 0 radical (unpaired) electrons. The number of nitrogens with zero attached hydrogens (tertiary/aromatic N) is 1. The van der Waals surface area contributed by atoms with Gasteiger partial charge in [0.1, 0.15) is 16.5 Å². The number of carbonyl (C=O) groups excluding carboxylic acids is 1. The summed E-state index contributed by atoms with van der Waals surface area (Å²) in [5, 5.41) is 2.55. The van der Waals surface area contributed by atoms with Crippen molar-refractivity contribution in [2.45, 2.75) is 18.4 Å². The van der Waals surface area contributed by atoms with E-state index in [1.54, 1.807) is 6.07 Å². The Morgan fingerprint density at radius 1 is 1.23 bits per heavy atom. The number of fused-ring (bicyclic) bond motifs is 1. The summed E-state index contributed by atoms with van der Waals surface area (Å²) < 4.78 is 33.0. The Balaban J connectivity index is 1.85. The smallest absolute Gasteiger partial charge is 0.244 e. The largest absolute Gasteiger partial charge is 0.495 e. The number of aromatic nitrogens is 2.